The minimum Gasteiger partial charge on any atom is -0.449 e. The minimum atomic E-state index is -0.388. The summed E-state index contributed by atoms with van der Waals surface area (Å²) in [6.07, 6.45) is 55.6. The Kier molecular flexibility index (Phi) is 44.5. The van der Waals surface area contributed by atoms with Gasteiger partial charge in [-0.15, -0.1) is 0 Å². The van der Waals surface area contributed by atoms with Crippen molar-refractivity contribution >= 4 is 30.2 Å². The number of hydrogen-bond donors (Lipinski definition) is 7. The van der Waals surface area contributed by atoms with Crippen LogP contribution in [-0.2, 0) is 20.6 Å². The first-order chi connectivity index (χ1) is 45.1. The van der Waals surface area contributed by atoms with E-state index in [1.54, 1.807) is 12.2 Å². The van der Waals surface area contributed by atoms with Gasteiger partial charge in [-0.2, -0.15) is 4.99 Å². The summed E-state index contributed by atoms with van der Waals surface area (Å²) in [5.74, 6) is 0.842. The summed E-state index contributed by atoms with van der Waals surface area (Å²) in [4.78, 5) is 64.3. The van der Waals surface area contributed by atoms with Crippen LogP contribution in [0, 0.1) is 40.4 Å². The van der Waals surface area contributed by atoms with E-state index in [2.05, 4.69) is 100 Å². The highest BCUT2D eigenvalue weighted by atomic mass is 16.6. The van der Waals surface area contributed by atoms with Crippen LogP contribution in [0.1, 0.15) is 376 Å². The lowest BCUT2D eigenvalue weighted by Gasteiger charge is -2.45. The number of aromatic amines is 1. The fourth-order valence-electron chi connectivity index (χ4n) is 16.2. The Morgan fingerprint density at radius 1 is 0.532 bits per heavy atom. The zero-order valence-corrected chi connectivity index (χ0v) is 62.9. The fraction of sp³-hybridized carbons (Fsp3) is 0.899. The molecule has 0 saturated heterocycles. The second kappa shape index (κ2) is 49.6. The fourth-order valence-corrected chi connectivity index (χ4v) is 16.2. The molecular formula is C79H149N7O8+2. The molecule has 0 bridgehead atoms. The lowest BCUT2D eigenvalue weighted by Crippen LogP contribution is -2.92. The van der Waals surface area contributed by atoms with Crippen molar-refractivity contribution in [3.63, 3.8) is 0 Å². The highest BCUT2D eigenvalue weighted by Gasteiger charge is 2.45. The minimum absolute atomic E-state index is 0.0310. The molecule has 0 aromatic carbocycles. The Balaban J connectivity index is 1.46. The number of anilines is 1. The van der Waals surface area contributed by atoms with Crippen LogP contribution in [0.5, 0.6) is 0 Å². The third-order valence-corrected chi connectivity index (χ3v) is 20.8. The first kappa shape index (κ1) is 84.3. The molecule has 2 saturated carbocycles. The van der Waals surface area contributed by atoms with Crippen molar-refractivity contribution in [2.24, 2.45) is 33.5 Å². The number of unbranched alkanes of at least 4 members (excludes halogenated alkanes) is 32. The van der Waals surface area contributed by atoms with Crippen molar-refractivity contribution < 1.29 is 44.0 Å². The normalized spacial score (nSPS) is 20.1. The average molecular weight is 1330 g/mol. The Hall–Kier alpha value is -3.88. The number of carbonyl (C=O) groups is 3. The van der Waals surface area contributed by atoms with Crippen molar-refractivity contribution in [1.82, 2.24) is 20.6 Å². The number of carbonyl (C=O) groups excluding carboxylic acids is 3. The molecule has 2 aliphatic rings. The number of H-pyrrole nitrogens is 1. The van der Waals surface area contributed by atoms with Gasteiger partial charge in [-0.05, 0) is 93.8 Å². The largest absolute Gasteiger partial charge is 0.545 e. The third kappa shape index (κ3) is 40.7. The highest BCUT2D eigenvalue weighted by molar-refractivity contribution is 5.79. The van der Waals surface area contributed by atoms with Gasteiger partial charge in [0.2, 0.25) is 5.95 Å². The molecule has 6 unspecified atom stereocenters. The van der Waals surface area contributed by atoms with E-state index < -0.39 is 0 Å². The summed E-state index contributed by atoms with van der Waals surface area (Å²) in [7, 11) is 0. The Morgan fingerprint density at radius 3 is 1.26 bits per heavy atom. The molecule has 94 heavy (non-hydrogen) atoms. The number of quaternary nitrogens is 1. The molecule has 8 N–H and O–H groups in total. The molecule has 4 amide bonds. The molecule has 0 radical (unpaired) electrons. The lowest BCUT2D eigenvalue weighted by atomic mass is 9.62. The average Bonchev–Trinajstić information content (AvgIpc) is 0.819. The van der Waals surface area contributed by atoms with Crippen molar-refractivity contribution in [2.45, 2.75) is 390 Å². The molecule has 6 atom stereocenters. The zero-order chi connectivity index (χ0) is 68.8. The van der Waals surface area contributed by atoms with Crippen molar-refractivity contribution in [3.05, 3.63) is 21.6 Å². The van der Waals surface area contributed by atoms with Crippen molar-refractivity contribution in [1.29, 1.82) is 0 Å². The molecule has 1 heterocycles. The van der Waals surface area contributed by atoms with Crippen LogP contribution < -0.4 is 31.8 Å². The van der Waals surface area contributed by atoms with Gasteiger partial charge < -0.3 is 30.0 Å². The van der Waals surface area contributed by atoms with Crippen LogP contribution in [-0.4, -0.2) is 84.4 Å². The van der Waals surface area contributed by atoms with Gasteiger partial charge in [0.15, 0.2) is 6.54 Å². The van der Waals surface area contributed by atoms with Crippen LogP contribution >= 0.6 is 0 Å². The summed E-state index contributed by atoms with van der Waals surface area (Å²) in [6.45, 7) is 26.0. The standard InChI is InChI=1S/C79H147N7O8/c1-12-16-20-24-28-32-34-38-42-46-50-65(48-44-40-36-30-26-22-18-14-3)58-93-74(90)83-67-54-76(6,7)60-78(10,56-67)62-80-72(88)86-71-82-64(5)69(70(87)85-71)52-53-92-73(89)81-63-79(11)57-68(55-77(8,9)61-79)84-75(91)94-59-66(49-45-41-37-31-27-23-19-15-4)51-47-43-39-35-33-29-25-21-17-13-2/h65-68H,12-63H2,1-11H3,(H,81,89)(H,83,90)(H,84,91)(H3,80,82,85,86,87,88)/p+2. The zero-order valence-electron chi connectivity index (χ0n) is 62.9. The maximum atomic E-state index is 13.5. The molecule has 15 nitrogen and oxygen atoms in total. The Morgan fingerprint density at radius 2 is 0.883 bits per heavy atom. The van der Waals surface area contributed by atoms with E-state index in [4.69, 9.17) is 14.2 Å². The number of urea groups is 1. The van der Waals surface area contributed by atoms with Crippen LogP contribution in [0.4, 0.5) is 20.3 Å². The molecule has 2 aliphatic carbocycles. The molecule has 3 rings (SSSR count). The summed E-state index contributed by atoms with van der Waals surface area (Å²) in [5.41, 5.74) is -0.172. The summed E-state index contributed by atoms with van der Waals surface area (Å²) >= 11 is 0. The number of primary amides is 1. The van der Waals surface area contributed by atoms with Crippen LogP contribution in [0.2, 0.25) is 0 Å². The second-order valence-corrected chi connectivity index (χ2v) is 32.3. The van der Waals surface area contributed by atoms with Gasteiger partial charge in [-0.3, -0.25) is 15.1 Å². The smallest absolute Gasteiger partial charge is 0.449 e. The number of ether oxygens (including phenoxy) is 3. The van der Waals surface area contributed by atoms with E-state index >= 15 is 0 Å². The van der Waals surface area contributed by atoms with E-state index in [1.165, 1.54) is 231 Å². The number of hydrogen-bond acceptors (Lipinski definition) is 8. The lowest BCUT2D eigenvalue weighted by molar-refractivity contribution is -0.568. The number of aliphatic hydroxyl groups excluding tert-OH is 1. The number of rotatable bonds is 54. The summed E-state index contributed by atoms with van der Waals surface area (Å²) in [6, 6.07) is -0.515. The van der Waals surface area contributed by atoms with E-state index in [1.807, 2.05) is 0 Å². The quantitative estimate of drug-likeness (QED) is 0.0188. The van der Waals surface area contributed by atoms with Crippen molar-refractivity contribution in [2.75, 3.05) is 38.2 Å². The van der Waals surface area contributed by atoms with Gasteiger partial charge in [-0.25, -0.2) is 24.7 Å². The maximum Gasteiger partial charge on any atom is 0.545 e. The molecular weight excluding hydrogens is 1170 g/mol. The van der Waals surface area contributed by atoms with Gasteiger partial charge in [0.05, 0.1) is 25.5 Å². The molecule has 546 valence electrons. The number of aryl methyl sites for hydroxylation is 1. The maximum absolute atomic E-state index is 13.5. The van der Waals surface area contributed by atoms with Gasteiger partial charge in [0.1, 0.15) is 6.61 Å². The monoisotopic (exact) mass is 1320 g/mol. The van der Waals surface area contributed by atoms with E-state index in [0.717, 1.165) is 64.2 Å². The third-order valence-electron chi connectivity index (χ3n) is 20.8. The predicted octanol–water partition coefficient (Wildman–Crippen LogP) is 19.3. The second-order valence-electron chi connectivity index (χ2n) is 32.3. The van der Waals surface area contributed by atoms with E-state index in [0.29, 0.717) is 49.4 Å². The Bertz CT molecular complexity index is 2240. The first-order valence-electron chi connectivity index (χ1n) is 39.6. The van der Waals surface area contributed by atoms with Crippen molar-refractivity contribution in [3.8, 4) is 0 Å². The van der Waals surface area contributed by atoms with Gasteiger partial charge in [0, 0.05) is 34.9 Å². The molecule has 0 aliphatic heterocycles. The molecule has 1 aromatic heterocycles. The molecule has 0 spiro atoms. The summed E-state index contributed by atoms with van der Waals surface area (Å²) in [5, 5.41) is 21.8. The topological polar surface area (TPSA) is 212 Å². The Labute approximate surface area is 575 Å². The number of amides is 4. The highest BCUT2D eigenvalue weighted by Crippen LogP contribution is 2.46. The number of aromatic nitrogens is 2. The van der Waals surface area contributed by atoms with Gasteiger partial charge in [0.25, 0.3) is 5.56 Å². The number of alkyl carbamates (subject to hydrolysis) is 2. The van der Waals surface area contributed by atoms with Crippen LogP contribution in [0.25, 0.3) is 0 Å². The predicted molar refractivity (Wildman–Crippen MR) is 391 cm³/mol. The SMILES string of the molecule is CCCCCCCCCCCCC(CCCCCCCCCC)COC(=O)NC1CC(C)(C)CC(C)(C[NH+]=C(O)OCCc2c(C)nc(NC(=O)[NH2+]CC3(C)CC(NC(=O)OCC(CCCCCCCCCC)CCCCCCCCCCCC)CC(C)(C)C3)[nH]c2=O)C1. The molecule has 1 aromatic rings. The van der Waals surface area contributed by atoms with E-state index in [9.17, 15) is 24.3 Å². The molecule has 2 fully saturated rings. The number of nitrogens with one attached hydrogen (secondary N) is 5. The first-order valence-corrected chi connectivity index (χ1v) is 39.6. The van der Waals surface area contributed by atoms with Gasteiger partial charge >= 0.3 is 24.3 Å². The molecule has 15 heteroatoms. The van der Waals surface area contributed by atoms with Gasteiger partial charge in [-0.1, -0.05) is 300 Å². The number of nitrogens with two attached hydrogens (primary N) is 1. The van der Waals surface area contributed by atoms with Crippen LogP contribution in [0.15, 0.2) is 4.79 Å². The number of nitrogens with zero attached hydrogens (tertiary/aromatic N) is 1. The van der Waals surface area contributed by atoms with E-state index in [-0.39, 0.29) is 82.6 Å². The summed E-state index contributed by atoms with van der Waals surface area (Å²) < 4.78 is 17.8. The van der Waals surface area contributed by atoms with Crippen LogP contribution in [0.3, 0.4) is 0 Å². The number of aliphatic hydroxyl groups is 1.